The number of aliphatic hydroxyl groups excluding tert-OH is 1. The second-order valence-electron chi connectivity index (χ2n) is 4.52. The van der Waals surface area contributed by atoms with Gasteiger partial charge in [0.2, 0.25) is 10.0 Å². The molecule has 1 rings (SSSR count). The molecule has 0 heterocycles. The van der Waals surface area contributed by atoms with Crippen molar-refractivity contribution in [1.29, 1.82) is 0 Å². The van der Waals surface area contributed by atoms with Crippen molar-refractivity contribution in [1.82, 2.24) is 4.31 Å². The number of rotatable bonds is 7. The second-order valence-corrected chi connectivity index (χ2v) is 6.57. The van der Waals surface area contributed by atoms with Gasteiger partial charge >= 0.3 is 0 Å². The van der Waals surface area contributed by atoms with Gasteiger partial charge in [-0.1, -0.05) is 6.07 Å². The van der Waals surface area contributed by atoms with Gasteiger partial charge in [-0.25, -0.2) is 17.1 Å². The van der Waals surface area contributed by atoms with Crippen LogP contribution in [-0.4, -0.2) is 38.0 Å². The molecule has 19 heavy (non-hydrogen) atoms. The van der Waals surface area contributed by atoms with Crippen LogP contribution >= 0.6 is 0 Å². The summed E-state index contributed by atoms with van der Waals surface area (Å²) in [6.07, 6.45) is 2.09. The molecule has 4 nitrogen and oxygen atoms in total. The quantitative estimate of drug-likeness (QED) is 0.780. The van der Waals surface area contributed by atoms with Crippen molar-refractivity contribution in [3.8, 4) is 0 Å². The Kier molecular flexibility index (Phi) is 5.90. The minimum atomic E-state index is -3.63. The predicted molar refractivity (Wildman–Crippen MR) is 71.9 cm³/mol. The normalized spacial score (nSPS) is 12.1. The van der Waals surface area contributed by atoms with Crippen molar-refractivity contribution >= 4 is 10.0 Å². The van der Waals surface area contributed by atoms with Crippen LogP contribution in [0, 0.1) is 12.7 Å². The fraction of sp³-hybridized carbons (Fsp3) is 0.538. The number of sulfonamides is 1. The van der Waals surface area contributed by atoms with Crippen LogP contribution in [0.25, 0.3) is 0 Å². The van der Waals surface area contributed by atoms with E-state index in [4.69, 9.17) is 5.11 Å². The van der Waals surface area contributed by atoms with Crippen molar-refractivity contribution in [2.75, 3.05) is 20.2 Å². The molecule has 0 amide bonds. The third-order valence-corrected chi connectivity index (χ3v) is 4.84. The average Bonchev–Trinajstić information content (AvgIpc) is 2.37. The monoisotopic (exact) mass is 289 g/mol. The van der Waals surface area contributed by atoms with Crippen molar-refractivity contribution in [2.24, 2.45) is 0 Å². The Morgan fingerprint density at radius 3 is 2.53 bits per heavy atom. The molecule has 0 aliphatic rings. The highest BCUT2D eigenvalue weighted by atomic mass is 32.2. The molecule has 0 spiro atoms. The minimum absolute atomic E-state index is 0.0275. The van der Waals surface area contributed by atoms with Gasteiger partial charge in [0.1, 0.15) is 5.82 Å². The average molecular weight is 289 g/mol. The first kappa shape index (κ1) is 16.1. The Morgan fingerprint density at radius 2 is 1.95 bits per heavy atom. The SMILES string of the molecule is Cc1ccc(S(=O)(=O)N(C)CCCCCO)cc1F. The standard InChI is InChI=1S/C13H20FNO3S/c1-11-6-7-12(10-13(11)14)19(17,18)15(2)8-4-3-5-9-16/h6-7,10,16H,3-5,8-9H2,1-2H3. The zero-order valence-electron chi connectivity index (χ0n) is 11.3. The fourth-order valence-corrected chi connectivity index (χ4v) is 2.88. The number of halogens is 1. The van der Waals surface area contributed by atoms with Crippen LogP contribution in [0.2, 0.25) is 0 Å². The molecule has 6 heteroatoms. The van der Waals surface area contributed by atoms with Crippen LogP contribution in [0.15, 0.2) is 23.1 Å². The first-order chi connectivity index (χ1) is 8.89. The molecule has 0 aliphatic heterocycles. The number of benzene rings is 1. The molecule has 0 saturated carbocycles. The molecule has 0 unspecified atom stereocenters. The van der Waals surface area contributed by atoms with E-state index >= 15 is 0 Å². The van der Waals surface area contributed by atoms with Crippen LogP contribution in [0.4, 0.5) is 4.39 Å². The third kappa shape index (κ3) is 4.26. The number of aliphatic hydroxyl groups is 1. The number of nitrogens with zero attached hydrogens (tertiary/aromatic N) is 1. The summed E-state index contributed by atoms with van der Waals surface area (Å²) in [5.41, 5.74) is 0.421. The van der Waals surface area contributed by atoms with Gasteiger partial charge in [-0.15, -0.1) is 0 Å². The summed E-state index contributed by atoms with van der Waals surface area (Å²) in [5.74, 6) is -0.519. The lowest BCUT2D eigenvalue weighted by molar-refractivity contribution is 0.281. The Balaban J connectivity index is 2.76. The van der Waals surface area contributed by atoms with Crippen molar-refractivity contribution in [3.05, 3.63) is 29.6 Å². The zero-order chi connectivity index (χ0) is 14.5. The van der Waals surface area contributed by atoms with Gasteiger partial charge < -0.3 is 5.11 Å². The van der Waals surface area contributed by atoms with Gasteiger partial charge in [-0.3, -0.25) is 0 Å². The van der Waals surface area contributed by atoms with Crippen LogP contribution in [-0.2, 0) is 10.0 Å². The Hall–Kier alpha value is -0.980. The molecule has 1 N–H and O–H groups in total. The fourth-order valence-electron chi connectivity index (χ4n) is 1.66. The van der Waals surface area contributed by atoms with E-state index in [1.807, 2.05) is 0 Å². The van der Waals surface area contributed by atoms with Crippen molar-refractivity contribution in [3.63, 3.8) is 0 Å². The molecule has 108 valence electrons. The molecule has 0 bridgehead atoms. The largest absolute Gasteiger partial charge is 0.396 e. The molecule has 0 fully saturated rings. The summed E-state index contributed by atoms with van der Waals surface area (Å²) in [7, 11) is -2.16. The Bertz CT molecular complexity index is 517. The van der Waals surface area contributed by atoms with Crippen molar-refractivity contribution < 1.29 is 17.9 Å². The lowest BCUT2D eigenvalue weighted by Crippen LogP contribution is -2.28. The van der Waals surface area contributed by atoms with Crippen LogP contribution in [0.5, 0.6) is 0 Å². The smallest absolute Gasteiger partial charge is 0.242 e. The third-order valence-electron chi connectivity index (χ3n) is 2.98. The van der Waals surface area contributed by atoms with Gasteiger partial charge in [0.15, 0.2) is 0 Å². The summed E-state index contributed by atoms with van der Waals surface area (Å²) < 4.78 is 39.0. The highest BCUT2D eigenvalue weighted by molar-refractivity contribution is 7.89. The van der Waals surface area contributed by atoms with Gasteiger partial charge in [0.25, 0.3) is 0 Å². The molecule has 0 aliphatic carbocycles. The van der Waals surface area contributed by atoms with E-state index in [1.54, 1.807) is 6.92 Å². The van der Waals surface area contributed by atoms with Gasteiger partial charge in [-0.2, -0.15) is 0 Å². The second kappa shape index (κ2) is 6.98. The maximum Gasteiger partial charge on any atom is 0.242 e. The van der Waals surface area contributed by atoms with E-state index in [0.29, 0.717) is 24.9 Å². The highest BCUT2D eigenvalue weighted by Crippen LogP contribution is 2.18. The summed E-state index contributed by atoms with van der Waals surface area (Å²) in [5, 5.41) is 8.65. The minimum Gasteiger partial charge on any atom is -0.396 e. The first-order valence-electron chi connectivity index (χ1n) is 6.23. The highest BCUT2D eigenvalue weighted by Gasteiger charge is 2.21. The van der Waals surface area contributed by atoms with E-state index in [2.05, 4.69) is 0 Å². The molecule has 1 aromatic carbocycles. The van der Waals surface area contributed by atoms with E-state index in [9.17, 15) is 12.8 Å². The number of unbranched alkanes of at least 4 members (excludes halogenated alkanes) is 2. The maximum atomic E-state index is 13.4. The van der Waals surface area contributed by atoms with Crippen LogP contribution in [0.3, 0.4) is 0 Å². The predicted octanol–water partition coefficient (Wildman–Crippen LogP) is 1.92. The van der Waals surface area contributed by atoms with Gasteiger partial charge in [0, 0.05) is 20.2 Å². The molecule has 1 aromatic rings. The number of hydrogen-bond acceptors (Lipinski definition) is 3. The van der Waals surface area contributed by atoms with Gasteiger partial charge in [0.05, 0.1) is 4.90 Å². The molecular weight excluding hydrogens is 269 g/mol. The maximum absolute atomic E-state index is 13.4. The summed E-state index contributed by atoms with van der Waals surface area (Å²) in [6, 6.07) is 3.93. The lowest BCUT2D eigenvalue weighted by atomic mass is 10.2. The molecule has 0 aromatic heterocycles. The topological polar surface area (TPSA) is 57.6 Å². The van der Waals surface area contributed by atoms with Crippen LogP contribution in [0.1, 0.15) is 24.8 Å². The lowest BCUT2D eigenvalue weighted by Gasteiger charge is -2.17. The van der Waals surface area contributed by atoms with Gasteiger partial charge in [-0.05, 0) is 43.9 Å². The molecular formula is C13H20FNO3S. The number of aryl methyl sites for hydroxylation is 1. The van der Waals surface area contributed by atoms with Crippen LogP contribution < -0.4 is 0 Å². The summed E-state index contributed by atoms with van der Waals surface area (Å²) >= 11 is 0. The molecule has 0 atom stereocenters. The van der Waals surface area contributed by atoms with E-state index in [0.717, 1.165) is 12.5 Å². The first-order valence-corrected chi connectivity index (χ1v) is 7.67. The van der Waals surface area contributed by atoms with Crippen molar-refractivity contribution in [2.45, 2.75) is 31.1 Å². The summed E-state index contributed by atoms with van der Waals surface area (Å²) in [6.45, 7) is 2.06. The Morgan fingerprint density at radius 1 is 1.26 bits per heavy atom. The van der Waals surface area contributed by atoms with E-state index < -0.39 is 15.8 Å². The number of hydrogen-bond donors (Lipinski definition) is 1. The Labute approximate surface area is 113 Å². The molecule has 0 saturated heterocycles. The van der Waals surface area contributed by atoms with E-state index in [1.165, 1.54) is 23.5 Å². The van der Waals surface area contributed by atoms with E-state index in [-0.39, 0.29) is 11.5 Å². The summed E-state index contributed by atoms with van der Waals surface area (Å²) in [4.78, 5) is -0.0275. The zero-order valence-corrected chi connectivity index (χ0v) is 12.1. The molecule has 0 radical (unpaired) electrons.